The van der Waals surface area contributed by atoms with E-state index in [1.165, 1.54) is 37.0 Å². The van der Waals surface area contributed by atoms with Crippen LogP contribution in [0.25, 0.3) is 11.3 Å². The molecule has 3 aromatic rings. The van der Waals surface area contributed by atoms with Crippen molar-refractivity contribution in [3.05, 3.63) is 58.2 Å². The number of thiazole rings is 1. The Morgan fingerprint density at radius 3 is 2.59 bits per heavy atom. The minimum absolute atomic E-state index is 0.0536. The third-order valence-corrected chi connectivity index (χ3v) is 6.59. The van der Waals surface area contributed by atoms with Crippen LogP contribution >= 0.6 is 11.3 Å². The third kappa shape index (κ3) is 4.53. The molecule has 2 aromatic carbocycles. The molecular formula is C25H26N4O2S. The first kappa shape index (κ1) is 20.7. The second kappa shape index (κ2) is 9.12. The number of carbonyl (C=O) groups excluding carboxylic acids is 1. The van der Waals surface area contributed by atoms with E-state index in [0.29, 0.717) is 11.4 Å². The SMILES string of the molecule is Cc1ccc(N=c2scc(-c3ccc4c(c3)NC(=O)CO4)n2N=C2CCCCCC2)cc1. The van der Waals surface area contributed by atoms with E-state index in [-0.39, 0.29) is 12.5 Å². The lowest BCUT2D eigenvalue weighted by Crippen LogP contribution is -2.25. The molecule has 32 heavy (non-hydrogen) atoms. The number of nitrogens with zero attached hydrogens (tertiary/aromatic N) is 3. The number of carbonyl (C=O) groups is 1. The normalized spacial score (nSPS) is 16.7. The van der Waals surface area contributed by atoms with E-state index in [4.69, 9.17) is 14.8 Å². The van der Waals surface area contributed by atoms with E-state index in [0.717, 1.165) is 34.6 Å². The summed E-state index contributed by atoms with van der Waals surface area (Å²) in [4.78, 5) is 17.5. The molecule has 6 nitrogen and oxygen atoms in total. The molecule has 0 unspecified atom stereocenters. The number of aryl methyl sites for hydroxylation is 1. The van der Waals surface area contributed by atoms with Crippen LogP contribution in [0.1, 0.15) is 44.1 Å². The number of anilines is 1. The molecular weight excluding hydrogens is 420 g/mol. The van der Waals surface area contributed by atoms with Gasteiger partial charge >= 0.3 is 0 Å². The van der Waals surface area contributed by atoms with E-state index in [2.05, 4.69) is 29.8 Å². The van der Waals surface area contributed by atoms with Gasteiger partial charge in [0.2, 0.25) is 4.80 Å². The van der Waals surface area contributed by atoms with Gasteiger partial charge in [-0.15, -0.1) is 11.3 Å². The molecule has 5 rings (SSSR count). The summed E-state index contributed by atoms with van der Waals surface area (Å²) in [5, 5.41) is 10.1. The summed E-state index contributed by atoms with van der Waals surface area (Å²) in [6.07, 6.45) is 6.97. The summed E-state index contributed by atoms with van der Waals surface area (Å²) in [5.41, 5.74) is 5.96. The van der Waals surface area contributed by atoms with Crippen molar-refractivity contribution in [2.45, 2.75) is 45.4 Å². The fourth-order valence-electron chi connectivity index (χ4n) is 4.02. The molecule has 1 aliphatic carbocycles. The standard InChI is InChI=1S/C25H26N4O2S/c1-17-8-11-19(12-9-17)26-25-29(28-20-6-4-2-3-5-7-20)22(16-32-25)18-10-13-23-21(14-18)27-24(30)15-31-23/h8-14,16H,2-7,15H2,1H3,(H,27,30). The number of ether oxygens (including phenoxy) is 1. The molecule has 1 amide bonds. The quantitative estimate of drug-likeness (QED) is 0.529. The number of hydrogen-bond acceptors (Lipinski definition) is 5. The highest BCUT2D eigenvalue weighted by atomic mass is 32.1. The minimum Gasteiger partial charge on any atom is -0.482 e. The van der Waals surface area contributed by atoms with Crippen LogP contribution in [0, 0.1) is 6.92 Å². The highest BCUT2D eigenvalue weighted by Gasteiger charge is 2.18. The van der Waals surface area contributed by atoms with Gasteiger partial charge < -0.3 is 10.1 Å². The van der Waals surface area contributed by atoms with Crippen molar-refractivity contribution in [3.63, 3.8) is 0 Å². The highest BCUT2D eigenvalue weighted by molar-refractivity contribution is 7.07. The van der Waals surface area contributed by atoms with Gasteiger partial charge in [0.05, 0.1) is 17.1 Å². The summed E-state index contributed by atoms with van der Waals surface area (Å²) in [6, 6.07) is 14.1. The largest absolute Gasteiger partial charge is 0.482 e. The maximum Gasteiger partial charge on any atom is 0.262 e. The third-order valence-electron chi connectivity index (χ3n) is 5.77. The van der Waals surface area contributed by atoms with Crippen LogP contribution in [0.5, 0.6) is 5.75 Å². The number of amides is 1. The summed E-state index contributed by atoms with van der Waals surface area (Å²) in [5.74, 6) is 0.552. The molecule has 0 atom stereocenters. The lowest BCUT2D eigenvalue weighted by Gasteiger charge is -2.18. The van der Waals surface area contributed by atoms with Crippen molar-refractivity contribution < 1.29 is 9.53 Å². The molecule has 164 valence electrons. The predicted octanol–water partition coefficient (Wildman–Crippen LogP) is 5.65. The molecule has 1 aromatic heterocycles. The smallest absolute Gasteiger partial charge is 0.262 e. The van der Waals surface area contributed by atoms with E-state index >= 15 is 0 Å². The fraction of sp³-hybridized carbons (Fsp3) is 0.320. The molecule has 0 radical (unpaired) electrons. The van der Waals surface area contributed by atoms with Crippen molar-refractivity contribution in [1.82, 2.24) is 4.68 Å². The zero-order chi connectivity index (χ0) is 21.9. The lowest BCUT2D eigenvalue weighted by atomic mass is 10.1. The monoisotopic (exact) mass is 446 g/mol. The van der Waals surface area contributed by atoms with Crippen molar-refractivity contribution in [2.24, 2.45) is 10.1 Å². The molecule has 2 heterocycles. The summed E-state index contributed by atoms with van der Waals surface area (Å²) in [6.45, 7) is 2.13. The highest BCUT2D eigenvalue weighted by Crippen LogP contribution is 2.33. The van der Waals surface area contributed by atoms with Crippen LogP contribution in [0.3, 0.4) is 0 Å². The van der Waals surface area contributed by atoms with E-state index in [1.807, 2.05) is 35.0 Å². The van der Waals surface area contributed by atoms with Crippen LogP contribution in [-0.2, 0) is 4.79 Å². The van der Waals surface area contributed by atoms with Gasteiger partial charge in [0.15, 0.2) is 6.61 Å². The van der Waals surface area contributed by atoms with E-state index < -0.39 is 0 Å². The summed E-state index contributed by atoms with van der Waals surface area (Å²) >= 11 is 1.57. The molecule has 0 saturated heterocycles. The van der Waals surface area contributed by atoms with Gasteiger partial charge in [-0.1, -0.05) is 30.5 Å². The Morgan fingerprint density at radius 2 is 1.81 bits per heavy atom. The van der Waals surface area contributed by atoms with Gasteiger partial charge in [0.1, 0.15) is 5.75 Å². The Morgan fingerprint density at radius 1 is 1.03 bits per heavy atom. The molecule has 0 bridgehead atoms. The summed E-state index contributed by atoms with van der Waals surface area (Å²) < 4.78 is 7.49. The molecule has 1 N–H and O–H groups in total. The lowest BCUT2D eigenvalue weighted by molar-refractivity contribution is -0.118. The van der Waals surface area contributed by atoms with Gasteiger partial charge in [-0.3, -0.25) is 4.79 Å². The average Bonchev–Trinajstić information content (AvgIpc) is 3.00. The molecule has 7 heteroatoms. The Balaban J connectivity index is 1.62. The van der Waals surface area contributed by atoms with Crippen LogP contribution in [0.4, 0.5) is 11.4 Å². The van der Waals surface area contributed by atoms with Gasteiger partial charge in [0.25, 0.3) is 5.91 Å². The number of rotatable bonds is 3. The van der Waals surface area contributed by atoms with Gasteiger partial charge in [-0.2, -0.15) is 5.10 Å². The number of benzene rings is 2. The second-order valence-electron chi connectivity index (χ2n) is 8.29. The zero-order valence-electron chi connectivity index (χ0n) is 18.1. The number of nitrogens with one attached hydrogen (secondary N) is 1. The zero-order valence-corrected chi connectivity index (χ0v) is 19.0. The second-order valence-corrected chi connectivity index (χ2v) is 9.13. The minimum atomic E-state index is -0.137. The first-order valence-corrected chi connectivity index (χ1v) is 12.0. The van der Waals surface area contributed by atoms with E-state index in [1.54, 1.807) is 11.3 Å². The average molecular weight is 447 g/mol. The fourth-order valence-corrected chi connectivity index (χ4v) is 4.87. The number of aromatic nitrogens is 1. The van der Waals surface area contributed by atoms with Crippen LogP contribution < -0.4 is 14.9 Å². The topological polar surface area (TPSA) is 68.0 Å². The molecule has 1 aliphatic heterocycles. The number of hydrogen-bond donors (Lipinski definition) is 1. The molecule has 1 saturated carbocycles. The Labute approximate surface area is 191 Å². The molecule has 0 spiro atoms. The van der Waals surface area contributed by atoms with Gasteiger partial charge in [0, 0.05) is 16.7 Å². The van der Waals surface area contributed by atoms with E-state index in [9.17, 15) is 4.79 Å². The molecule has 2 aliphatic rings. The van der Waals surface area contributed by atoms with Gasteiger partial charge in [-0.25, -0.2) is 9.67 Å². The first-order chi connectivity index (χ1) is 15.7. The summed E-state index contributed by atoms with van der Waals surface area (Å²) in [7, 11) is 0. The van der Waals surface area contributed by atoms with Crippen LogP contribution in [0.2, 0.25) is 0 Å². The Bertz CT molecular complexity index is 1230. The van der Waals surface area contributed by atoms with Crippen molar-refractivity contribution >= 4 is 34.3 Å². The van der Waals surface area contributed by atoms with Crippen molar-refractivity contribution in [3.8, 4) is 17.0 Å². The number of fused-ring (bicyclic) bond motifs is 1. The van der Waals surface area contributed by atoms with Crippen molar-refractivity contribution in [2.75, 3.05) is 11.9 Å². The predicted molar refractivity (Wildman–Crippen MR) is 129 cm³/mol. The maximum absolute atomic E-state index is 11.8. The van der Waals surface area contributed by atoms with Crippen LogP contribution in [-0.4, -0.2) is 22.9 Å². The van der Waals surface area contributed by atoms with Gasteiger partial charge in [-0.05, 0) is 62.9 Å². The molecule has 1 fully saturated rings. The first-order valence-electron chi connectivity index (χ1n) is 11.1. The maximum atomic E-state index is 11.8. The van der Waals surface area contributed by atoms with Crippen molar-refractivity contribution in [1.29, 1.82) is 0 Å². The Hall–Kier alpha value is -3.19. The van der Waals surface area contributed by atoms with Crippen LogP contribution in [0.15, 0.2) is 57.9 Å². The Kier molecular flexibility index (Phi) is 5.90.